The monoisotopic (exact) mass is 399 g/mol. The van der Waals surface area contributed by atoms with Crippen molar-refractivity contribution in [2.45, 2.75) is 44.8 Å². The van der Waals surface area contributed by atoms with Gasteiger partial charge in [-0.15, -0.1) is 0 Å². The van der Waals surface area contributed by atoms with Gasteiger partial charge in [-0.2, -0.15) is 0 Å². The van der Waals surface area contributed by atoms with Crippen LogP contribution >= 0.6 is 0 Å². The largest absolute Gasteiger partial charge is 0.492 e. The molecule has 1 rings (SSSR count). The van der Waals surface area contributed by atoms with Gasteiger partial charge in [-0.3, -0.25) is 4.79 Å². The van der Waals surface area contributed by atoms with Crippen molar-refractivity contribution < 1.29 is 17.9 Å². The predicted octanol–water partition coefficient (Wildman–Crippen LogP) is 2.45. The SMILES string of the molecule is CN(C)CCOc1cccc(NC(=O)CCCCNS(=O)(=O)C(C)(C)C)c1. The van der Waals surface area contributed by atoms with Crippen LogP contribution in [0.3, 0.4) is 0 Å². The van der Waals surface area contributed by atoms with Gasteiger partial charge < -0.3 is 15.0 Å². The zero-order valence-corrected chi connectivity index (χ0v) is 17.9. The van der Waals surface area contributed by atoms with E-state index in [2.05, 4.69) is 10.0 Å². The Balaban J connectivity index is 2.32. The summed E-state index contributed by atoms with van der Waals surface area (Å²) in [6, 6.07) is 7.30. The van der Waals surface area contributed by atoms with Gasteiger partial charge in [-0.25, -0.2) is 13.1 Å². The highest BCUT2D eigenvalue weighted by molar-refractivity contribution is 7.90. The second kappa shape index (κ2) is 10.6. The summed E-state index contributed by atoms with van der Waals surface area (Å²) in [5.74, 6) is 0.616. The fraction of sp³-hybridized carbons (Fsp3) is 0.632. The molecule has 0 aliphatic rings. The lowest BCUT2D eigenvalue weighted by molar-refractivity contribution is -0.116. The molecule has 7 nitrogen and oxygen atoms in total. The Hall–Kier alpha value is -1.64. The molecular formula is C19H33N3O4S. The summed E-state index contributed by atoms with van der Waals surface area (Å²) >= 11 is 0. The molecule has 154 valence electrons. The molecule has 0 aromatic heterocycles. The zero-order chi connectivity index (χ0) is 20.5. The number of hydrogen-bond donors (Lipinski definition) is 2. The van der Waals surface area contributed by atoms with E-state index in [4.69, 9.17) is 4.74 Å². The van der Waals surface area contributed by atoms with Gasteiger partial charge in [0.05, 0.1) is 4.75 Å². The van der Waals surface area contributed by atoms with Crippen LogP contribution in [-0.2, 0) is 14.8 Å². The van der Waals surface area contributed by atoms with Crippen molar-refractivity contribution in [3.05, 3.63) is 24.3 Å². The van der Waals surface area contributed by atoms with Crippen molar-refractivity contribution in [3.8, 4) is 5.75 Å². The molecule has 1 amide bonds. The fourth-order valence-electron chi connectivity index (χ4n) is 2.07. The van der Waals surface area contributed by atoms with E-state index < -0.39 is 14.8 Å². The summed E-state index contributed by atoms with van der Waals surface area (Å²) in [4.78, 5) is 14.1. The smallest absolute Gasteiger partial charge is 0.224 e. The summed E-state index contributed by atoms with van der Waals surface area (Å²) in [5, 5.41) is 2.84. The van der Waals surface area contributed by atoms with Crippen LogP contribution < -0.4 is 14.8 Å². The van der Waals surface area contributed by atoms with Crippen LogP contribution in [-0.4, -0.2) is 57.8 Å². The summed E-state index contributed by atoms with van der Waals surface area (Å²) in [5.41, 5.74) is 0.691. The minimum Gasteiger partial charge on any atom is -0.492 e. The molecule has 0 fully saturated rings. The lowest BCUT2D eigenvalue weighted by atomic mass is 10.2. The first-order chi connectivity index (χ1) is 12.5. The Bertz CT molecular complexity index is 697. The quantitative estimate of drug-likeness (QED) is 0.558. The van der Waals surface area contributed by atoms with Gasteiger partial charge in [0, 0.05) is 31.3 Å². The molecule has 27 heavy (non-hydrogen) atoms. The number of amides is 1. The van der Waals surface area contributed by atoms with Crippen LogP contribution in [0, 0.1) is 0 Å². The fourth-order valence-corrected chi connectivity index (χ4v) is 2.91. The Labute approximate surface area is 163 Å². The van der Waals surface area contributed by atoms with Crippen molar-refractivity contribution >= 4 is 21.6 Å². The summed E-state index contributed by atoms with van der Waals surface area (Å²) < 4.78 is 31.3. The van der Waals surface area contributed by atoms with Crippen LogP contribution in [0.25, 0.3) is 0 Å². The molecule has 0 bridgehead atoms. The molecule has 0 atom stereocenters. The van der Waals surface area contributed by atoms with E-state index in [1.165, 1.54) is 0 Å². The number of nitrogens with one attached hydrogen (secondary N) is 2. The Kier molecular flexibility index (Phi) is 9.21. The van der Waals surface area contributed by atoms with Crippen molar-refractivity contribution in [1.82, 2.24) is 9.62 Å². The molecule has 0 radical (unpaired) electrons. The Morgan fingerprint density at radius 2 is 1.89 bits per heavy atom. The number of carbonyl (C=O) groups is 1. The summed E-state index contributed by atoms with van der Waals surface area (Å²) in [7, 11) is 0.628. The average Bonchev–Trinajstić information content (AvgIpc) is 2.53. The molecule has 0 aliphatic heterocycles. The average molecular weight is 400 g/mol. The van der Waals surface area contributed by atoms with Crippen LogP contribution in [0.2, 0.25) is 0 Å². The first kappa shape index (κ1) is 23.4. The van der Waals surface area contributed by atoms with E-state index in [1.54, 1.807) is 26.8 Å². The van der Waals surface area contributed by atoms with Gasteiger partial charge in [-0.1, -0.05) is 6.07 Å². The number of rotatable bonds is 11. The second-order valence-electron chi connectivity index (χ2n) is 7.69. The number of anilines is 1. The third kappa shape index (κ3) is 9.21. The molecule has 2 N–H and O–H groups in total. The van der Waals surface area contributed by atoms with Crippen LogP contribution in [0.15, 0.2) is 24.3 Å². The molecule has 1 aromatic rings. The van der Waals surface area contributed by atoms with E-state index >= 15 is 0 Å². The van der Waals surface area contributed by atoms with Gasteiger partial charge >= 0.3 is 0 Å². The molecule has 0 saturated carbocycles. The number of sulfonamides is 1. The van der Waals surface area contributed by atoms with Gasteiger partial charge in [0.1, 0.15) is 12.4 Å². The van der Waals surface area contributed by atoms with E-state index in [9.17, 15) is 13.2 Å². The van der Waals surface area contributed by atoms with Gasteiger partial charge in [-0.05, 0) is 59.8 Å². The van der Waals surface area contributed by atoms with Crippen LogP contribution in [0.1, 0.15) is 40.0 Å². The second-order valence-corrected chi connectivity index (χ2v) is 10.2. The molecule has 0 unspecified atom stereocenters. The zero-order valence-electron chi connectivity index (χ0n) is 17.0. The number of nitrogens with zero attached hydrogens (tertiary/aromatic N) is 1. The van der Waals surface area contributed by atoms with Crippen molar-refractivity contribution in [3.63, 3.8) is 0 Å². The van der Waals surface area contributed by atoms with Crippen LogP contribution in [0.5, 0.6) is 5.75 Å². The lowest BCUT2D eigenvalue weighted by Gasteiger charge is -2.19. The normalized spacial score (nSPS) is 12.2. The van der Waals surface area contributed by atoms with E-state index in [0.29, 0.717) is 43.9 Å². The maximum absolute atomic E-state index is 12.0. The number of hydrogen-bond acceptors (Lipinski definition) is 5. The number of carbonyl (C=O) groups excluding carboxylic acids is 1. The molecule has 0 heterocycles. The standard InChI is InChI=1S/C19H33N3O4S/c1-19(2,3)27(24,25)20-12-7-6-11-18(23)21-16-9-8-10-17(15-16)26-14-13-22(4)5/h8-10,15,20H,6-7,11-14H2,1-5H3,(H,21,23). The lowest BCUT2D eigenvalue weighted by Crippen LogP contribution is -2.39. The van der Waals surface area contributed by atoms with Crippen molar-refractivity contribution in [2.75, 3.05) is 39.1 Å². The van der Waals surface area contributed by atoms with Crippen molar-refractivity contribution in [1.29, 1.82) is 0 Å². The predicted molar refractivity (Wildman–Crippen MR) is 110 cm³/mol. The number of likely N-dealkylation sites (N-methyl/N-ethyl adjacent to an activating group) is 1. The highest BCUT2D eigenvalue weighted by Gasteiger charge is 2.27. The third-order valence-corrected chi connectivity index (χ3v) is 6.05. The summed E-state index contributed by atoms with van der Waals surface area (Å²) in [6.07, 6.45) is 1.55. The van der Waals surface area contributed by atoms with E-state index in [1.807, 2.05) is 37.2 Å². The third-order valence-electron chi connectivity index (χ3n) is 3.85. The highest BCUT2D eigenvalue weighted by atomic mass is 32.2. The minimum absolute atomic E-state index is 0.0980. The highest BCUT2D eigenvalue weighted by Crippen LogP contribution is 2.18. The minimum atomic E-state index is -3.33. The molecule has 0 spiro atoms. The van der Waals surface area contributed by atoms with Gasteiger partial charge in [0.25, 0.3) is 0 Å². The molecule has 0 saturated heterocycles. The van der Waals surface area contributed by atoms with Gasteiger partial charge in [0.15, 0.2) is 0 Å². The van der Waals surface area contributed by atoms with Crippen molar-refractivity contribution in [2.24, 2.45) is 0 Å². The maximum atomic E-state index is 12.0. The number of benzene rings is 1. The van der Waals surface area contributed by atoms with E-state index in [-0.39, 0.29) is 5.91 Å². The molecule has 0 aliphatic carbocycles. The topological polar surface area (TPSA) is 87.7 Å². The Morgan fingerprint density at radius 1 is 1.19 bits per heavy atom. The Morgan fingerprint density at radius 3 is 2.52 bits per heavy atom. The van der Waals surface area contributed by atoms with Gasteiger partial charge in [0.2, 0.25) is 15.9 Å². The number of unbranched alkanes of at least 4 members (excludes halogenated alkanes) is 1. The maximum Gasteiger partial charge on any atom is 0.224 e. The summed E-state index contributed by atoms with van der Waals surface area (Å²) in [6.45, 7) is 6.69. The molecular weight excluding hydrogens is 366 g/mol. The first-order valence-electron chi connectivity index (χ1n) is 9.18. The molecule has 1 aromatic carbocycles. The van der Waals surface area contributed by atoms with E-state index in [0.717, 1.165) is 6.54 Å². The first-order valence-corrected chi connectivity index (χ1v) is 10.7. The van der Waals surface area contributed by atoms with Crippen LogP contribution in [0.4, 0.5) is 5.69 Å². The number of ether oxygens (including phenoxy) is 1. The molecule has 8 heteroatoms.